The molecule has 1 saturated heterocycles. The molecule has 2 heterocycles. The lowest BCUT2D eigenvalue weighted by Crippen LogP contribution is -2.16. The van der Waals surface area contributed by atoms with Crippen molar-refractivity contribution in [1.29, 1.82) is 0 Å². The summed E-state index contributed by atoms with van der Waals surface area (Å²) >= 11 is 0. The van der Waals surface area contributed by atoms with Crippen molar-refractivity contribution in [3.05, 3.63) is 24.2 Å². The quantitative estimate of drug-likeness (QED) is 0.610. The average Bonchev–Trinajstić information content (AvgIpc) is 2.55. The molecule has 1 atom stereocenters. The molecule has 2 rings (SSSR count). The second-order valence-electron chi connectivity index (χ2n) is 3.20. The van der Waals surface area contributed by atoms with E-state index in [4.69, 9.17) is 4.42 Å². The minimum atomic E-state index is 0.605. The molecule has 1 aliphatic heterocycles. The van der Waals surface area contributed by atoms with E-state index in [2.05, 4.69) is 18.0 Å². The van der Waals surface area contributed by atoms with Crippen molar-refractivity contribution >= 4 is 0 Å². The summed E-state index contributed by atoms with van der Waals surface area (Å²) in [5, 5.41) is 0. The van der Waals surface area contributed by atoms with E-state index in [1.54, 1.807) is 6.26 Å². The van der Waals surface area contributed by atoms with Crippen molar-refractivity contribution in [1.82, 2.24) is 4.90 Å². The molecule has 0 radical (unpaired) electrons. The Balaban J connectivity index is 2.16. The second-order valence-corrected chi connectivity index (χ2v) is 3.20. The van der Waals surface area contributed by atoms with Crippen LogP contribution in [0.1, 0.15) is 24.4 Å². The molecule has 0 aromatic carbocycles. The molecular formula is C9H13NO. The van der Waals surface area contributed by atoms with Crippen molar-refractivity contribution in [2.24, 2.45) is 0 Å². The smallest absolute Gasteiger partial charge is 0.0950 e. The molecule has 60 valence electrons. The highest BCUT2D eigenvalue weighted by molar-refractivity contribution is 5.12. The Kier molecular flexibility index (Phi) is 1.70. The number of likely N-dealkylation sites (tertiary alicyclic amines) is 1. The van der Waals surface area contributed by atoms with E-state index in [-0.39, 0.29) is 0 Å². The first-order valence-electron chi connectivity index (χ1n) is 4.10. The summed E-state index contributed by atoms with van der Waals surface area (Å²) in [5.74, 6) is 0. The van der Waals surface area contributed by atoms with Crippen LogP contribution in [-0.2, 0) is 0 Å². The highest BCUT2D eigenvalue weighted by Crippen LogP contribution is 2.29. The van der Waals surface area contributed by atoms with Crippen LogP contribution < -0.4 is 0 Å². The normalized spacial score (nSPS) is 26.1. The van der Waals surface area contributed by atoms with Gasteiger partial charge in [-0.1, -0.05) is 0 Å². The van der Waals surface area contributed by atoms with Crippen LogP contribution in [-0.4, -0.2) is 18.5 Å². The van der Waals surface area contributed by atoms with Gasteiger partial charge in [0, 0.05) is 11.6 Å². The Hall–Kier alpha value is -0.760. The van der Waals surface area contributed by atoms with Gasteiger partial charge in [-0.05, 0) is 32.5 Å². The Morgan fingerprint density at radius 2 is 2.55 bits per heavy atom. The lowest BCUT2D eigenvalue weighted by atomic mass is 10.1. The topological polar surface area (TPSA) is 16.4 Å². The Morgan fingerprint density at radius 1 is 1.64 bits per heavy atom. The first-order chi connectivity index (χ1) is 5.38. The van der Waals surface area contributed by atoms with Gasteiger partial charge in [0.1, 0.15) is 0 Å². The molecule has 1 aromatic rings. The van der Waals surface area contributed by atoms with E-state index < -0.39 is 0 Å². The fraction of sp³-hybridized carbons (Fsp3) is 0.556. The summed E-state index contributed by atoms with van der Waals surface area (Å²) in [6.45, 7) is 1.22. The van der Waals surface area contributed by atoms with Gasteiger partial charge in [-0.15, -0.1) is 0 Å². The monoisotopic (exact) mass is 151 g/mol. The molecular weight excluding hydrogens is 138 g/mol. The average molecular weight is 151 g/mol. The summed E-state index contributed by atoms with van der Waals surface area (Å²) in [4.78, 5) is 2.38. The predicted molar refractivity (Wildman–Crippen MR) is 43.3 cm³/mol. The molecule has 0 spiro atoms. The molecule has 2 heteroatoms. The molecule has 11 heavy (non-hydrogen) atoms. The number of furan rings is 1. The molecule has 0 amide bonds. The van der Waals surface area contributed by atoms with Gasteiger partial charge in [0.25, 0.3) is 0 Å². The number of rotatable bonds is 1. The van der Waals surface area contributed by atoms with Crippen molar-refractivity contribution in [2.45, 2.75) is 18.9 Å². The molecule has 0 unspecified atom stereocenters. The van der Waals surface area contributed by atoms with Crippen molar-refractivity contribution in [3.63, 3.8) is 0 Å². The summed E-state index contributed by atoms with van der Waals surface area (Å²) in [6, 6.07) is 2.67. The van der Waals surface area contributed by atoms with Crippen LogP contribution in [0.3, 0.4) is 0 Å². The Morgan fingerprint density at radius 3 is 3.09 bits per heavy atom. The molecule has 0 saturated carbocycles. The number of hydrogen-bond acceptors (Lipinski definition) is 2. The molecule has 2 nitrogen and oxygen atoms in total. The minimum Gasteiger partial charge on any atom is -0.472 e. The maximum absolute atomic E-state index is 5.05. The maximum atomic E-state index is 5.05. The van der Waals surface area contributed by atoms with Gasteiger partial charge >= 0.3 is 0 Å². The van der Waals surface area contributed by atoms with Gasteiger partial charge in [-0.2, -0.15) is 0 Å². The van der Waals surface area contributed by atoms with Crippen LogP contribution in [0.2, 0.25) is 0 Å². The molecule has 1 aliphatic rings. The van der Waals surface area contributed by atoms with E-state index in [1.807, 2.05) is 6.26 Å². The van der Waals surface area contributed by atoms with Gasteiger partial charge in [-0.3, -0.25) is 4.90 Å². The van der Waals surface area contributed by atoms with E-state index in [0.717, 1.165) is 0 Å². The lowest BCUT2D eigenvalue weighted by Gasteiger charge is -2.16. The molecule has 0 bridgehead atoms. The summed E-state index contributed by atoms with van der Waals surface area (Å²) in [7, 11) is 2.17. The number of nitrogens with zero attached hydrogens (tertiary/aromatic N) is 1. The number of hydrogen-bond donors (Lipinski definition) is 0. The van der Waals surface area contributed by atoms with Gasteiger partial charge < -0.3 is 4.42 Å². The Labute approximate surface area is 66.8 Å². The maximum Gasteiger partial charge on any atom is 0.0950 e. The fourth-order valence-electron chi connectivity index (χ4n) is 1.80. The van der Waals surface area contributed by atoms with Crippen molar-refractivity contribution in [2.75, 3.05) is 13.6 Å². The lowest BCUT2D eigenvalue weighted by molar-refractivity contribution is 0.316. The van der Waals surface area contributed by atoms with Crippen molar-refractivity contribution in [3.8, 4) is 0 Å². The first-order valence-corrected chi connectivity index (χ1v) is 4.10. The van der Waals surface area contributed by atoms with E-state index in [0.29, 0.717) is 6.04 Å². The van der Waals surface area contributed by atoms with Crippen LogP contribution in [0, 0.1) is 0 Å². The van der Waals surface area contributed by atoms with E-state index in [9.17, 15) is 0 Å². The zero-order valence-corrected chi connectivity index (χ0v) is 6.79. The predicted octanol–water partition coefficient (Wildman–Crippen LogP) is 2.05. The van der Waals surface area contributed by atoms with Crippen LogP contribution in [0.15, 0.2) is 23.0 Å². The van der Waals surface area contributed by atoms with Crippen LogP contribution in [0.25, 0.3) is 0 Å². The van der Waals surface area contributed by atoms with Crippen LogP contribution in [0.4, 0.5) is 0 Å². The SMILES string of the molecule is CN1CCC[C@H]1c1ccoc1. The minimum absolute atomic E-state index is 0.605. The van der Waals surface area contributed by atoms with Gasteiger partial charge in [-0.25, -0.2) is 0 Å². The van der Waals surface area contributed by atoms with Gasteiger partial charge in [0.05, 0.1) is 12.5 Å². The third-order valence-electron chi connectivity index (χ3n) is 2.45. The highest BCUT2D eigenvalue weighted by Gasteiger charge is 2.22. The zero-order chi connectivity index (χ0) is 7.68. The van der Waals surface area contributed by atoms with Gasteiger partial charge in [0.2, 0.25) is 0 Å². The third-order valence-corrected chi connectivity index (χ3v) is 2.45. The molecule has 0 aliphatic carbocycles. The van der Waals surface area contributed by atoms with E-state index >= 15 is 0 Å². The Bertz CT molecular complexity index is 217. The second kappa shape index (κ2) is 2.70. The standard InChI is InChI=1S/C9H13NO/c1-10-5-2-3-9(10)8-4-6-11-7-8/h4,6-7,9H,2-3,5H2,1H3/t9-/m0/s1. The van der Waals surface area contributed by atoms with Crippen LogP contribution >= 0.6 is 0 Å². The highest BCUT2D eigenvalue weighted by atomic mass is 16.3. The molecule has 1 fully saturated rings. The van der Waals surface area contributed by atoms with Crippen molar-refractivity contribution < 1.29 is 4.42 Å². The fourth-order valence-corrected chi connectivity index (χ4v) is 1.80. The third kappa shape index (κ3) is 1.18. The molecule has 0 N–H and O–H groups in total. The summed E-state index contributed by atoms with van der Waals surface area (Å²) in [6.07, 6.45) is 6.19. The summed E-state index contributed by atoms with van der Waals surface area (Å²) < 4.78 is 5.05. The van der Waals surface area contributed by atoms with Crippen LogP contribution in [0.5, 0.6) is 0 Å². The van der Waals surface area contributed by atoms with E-state index in [1.165, 1.54) is 24.9 Å². The summed E-state index contributed by atoms with van der Waals surface area (Å²) in [5.41, 5.74) is 1.32. The molecule has 1 aromatic heterocycles. The van der Waals surface area contributed by atoms with Gasteiger partial charge in [0.15, 0.2) is 0 Å². The largest absolute Gasteiger partial charge is 0.472 e. The first kappa shape index (κ1) is 6.92. The zero-order valence-electron chi connectivity index (χ0n) is 6.79.